The van der Waals surface area contributed by atoms with E-state index >= 15 is 0 Å². The summed E-state index contributed by atoms with van der Waals surface area (Å²) in [5.41, 5.74) is 8.73. The van der Waals surface area contributed by atoms with Crippen LogP contribution in [0.4, 0.5) is 0 Å². The quantitative estimate of drug-likeness (QED) is 0.276. The first kappa shape index (κ1) is 24.6. The molecule has 33 heavy (non-hydrogen) atoms. The fourth-order valence-corrected chi connectivity index (χ4v) is 4.03. The van der Waals surface area contributed by atoms with E-state index in [1.54, 1.807) is 41.2 Å². The highest BCUT2D eigenvalue weighted by molar-refractivity contribution is 6.35. The van der Waals surface area contributed by atoms with Crippen molar-refractivity contribution in [3.63, 3.8) is 0 Å². The van der Waals surface area contributed by atoms with Gasteiger partial charge in [0.1, 0.15) is 11.7 Å². The van der Waals surface area contributed by atoms with Gasteiger partial charge in [-0.25, -0.2) is 4.68 Å². The van der Waals surface area contributed by atoms with Gasteiger partial charge < -0.3 is 11.1 Å². The van der Waals surface area contributed by atoms with Crippen molar-refractivity contribution in [1.82, 2.24) is 15.1 Å². The number of carbonyl (C=O) groups is 1. The van der Waals surface area contributed by atoms with Crippen molar-refractivity contribution in [3.8, 4) is 23.1 Å². The fourth-order valence-electron chi connectivity index (χ4n) is 3.41. The van der Waals surface area contributed by atoms with Crippen molar-refractivity contribution in [2.75, 3.05) is 0 Å². The Kier molecular flexibility index (Phi) is 7.65. The number of hydrogen-bond acceptors (Lipinski definition) is 4. The SMILES string of the molecule is Cc1c(C(=NC#N)NC(C(N)=O)C(C)C)nn(-c2ccc(Cl)cc2Cl)c1-c1ccc(Cl)cc1. The third-order valence-corrected chi connectivity index (χ3v) is 5.82. The first-order chi connectivity index (χ1) is 15.6. The van der Waals surface area contributed by atoms with Gasteiger partial charge in [-0.05, 0) is 43.2 Å². The number of halogens is 3. The van der Waals surface area contributed by atoms with Crippen LogP contribution >= 0.6 is 34.8 Å². The Balaban J connectivity index is 2.26. The van der Waals surface area contributed by atoms with Crippen LogP contribution < -0.4 is 11.1 Å². The van der Waals surface area contributed by atoms with E-state index in [1.165, 1.54) is 0 Å². The number of amidine groups is 1. The Bertz CT molecular complexity index is 1260. The number of carbonyl (C=O) groups excluding carboxylic acids is 1. The molecule has 0 aliphatic carbocycles. The van der Waals surface area contributed by atoms with Crippen molar-refractivity contribution in [2.45, 2.75) is 26.8 Å². The Hall–Kier alpha value is -3.05. The Morgan fingerprint density at radius 3 is 2.33 bits per heavy atom. The van der Waals surface area contributed by atoms with Gasteiger partial charge in [-0.1, -0.05) is 60.8 Å². The first-order valence-electron chi connectivity index (χ1n) is 9.98. The van der Waals surface area contributed by atoms with Gasteiger partial charge in [0.15, 0.2) is 5.84 Å². The summed E-state index contributed by atoms with van der Waals surface area (Å²) in [6, 6.07) is 11.6. The average molecular weight is 504 g/mol. The molecule has 1 atom stereocenters. The third kappa shape index (κ3) is 5.31. The van der Waals surface area contributed by atoms with Crippen LogP contribution in [0.2, 0.25) is 15.1 Å². The molecule has 0 spiro atoms. The van der Waals surface area contributed by atoms with Gasteiger partial charge in [0.2, 0.25) is 12.1 Å². The molecule has 1 unspecified atom stereocenters. The summed E-state index contributed by atoms with van der Waals surface area (Å²) in [5.74, 6) is -0.576. The summed E-state index contributed by atoms with van der Waals surface area (Å²) < 4.78 is 1.65. The molecule has 0 radical (unpaired) electrons. The third-order valence-electron chi connectivity index (χ3n) is 5.03. The molecule has 3 aromatic rings. The maximum absolute atomic E-state index is 12.0. The summed E-state index contributed by atoms with van der Waals surface area (Å²) >= 11 is 18.7. The molecule has 0 aliphatic heterocycles. The molecule has 0 saturated carbocycles. The Labute approximate surface area is 206 Å². The van der Waals surface area contributed by atoms with Gasteiger partial charge in [-0.2, -0.15) is 15.4 Å². The molecule has 1 heterocycles. The number of nitriles is 1. The molecule has 3 N–H and O–H groups in total. The molecule has 2 aromatic carbocycles. The van der Waals surface area contributed by atoms with E-state index in [1.807, 2.05) is 32.9 Å². The molecular weight excluding hydrogens is 483 g/mol. The zero-order chi connectivity index (χ0) is 24.3. The van der Waals surface area contributed by atoms with Crippen LogP contribution in [-0.4, -0.2) is 27.6 Å². The van der Waals surface area contributed by atoms with E-state index in [0.717, 1.165) is 5.56 Å². The molecular formula is C23H21Cl3N6O. The van der Waals surface area contributed by atoms with Gasteiger partial charge in [-0.15, -0.1) is 0 Å². The monoisotopic (exact) mass is 502 g/mol. The molecule has 170 valence electrons. The van der Waals surface area contributed by atoms with Crippen molar-refractivity contribution < 1.29 is 4.79 Å². The molecule has 1 aromatic heterocycles. The number of benzene rings is 2. The molecule has 0 saturated heterocycles. The average Bonchev–Trinajstić information content (AvgIpc) is 3.08. The smallest absolute Gasteiger partial charge is 0.240 e. The maximum atomic E-state index is 12.0. The summed E-state index contributed by atoms with van der Waals surface area (Å²) in [4.78, 5) is 15.9. The van der Waals surface area contributed by atoms with Crippen molar-refractivity contribution in [2.24, 2.45) is 16.6 Å². The van der Waals surface area contributed by atoms with Gasteiger partial charge in [0.05, 0.1) is 16.4 Å². The van der Waals surface area contributed by atoms with Crippen LogP contribution in [0, 0.1) is 24.3 Å². The molecule has 0 bridgehead atoms. The lowest BCUT2D eigenvalue weighted by atomic mass is 10.0. The van der Waals surface area contributed by atoms with E-state index in [-0.39, 0.29) is 11.8 Å². The topological polar surface area (TPSA) is 109 Å². The maximum Gasteiger partial charge on any atom is 0.240 e. The van der Waals surface area contributed by atoms with E-state index < -0.39 is 11.9 Å². The number of aliphatic imine (C=N–C) groups is 1. The fraction of sp³-hybridized carbons (Fsp3) is 0.217. The number of amides is 1. The van der Waals surface area contributed by atoms with Crippen LogP contribution in [0.15, 0.2) is 47.5 Å². The lowest BCUT2D eigenvalue weighted by Gasteiger charge is -2.20. The summed E-state index contributed by atoms with van der Waals surface area (Å²) in [7, 11) is 0. The van der Waals surface area contributed by atoms with Crippen LogP contribution in [0.1, 0.15) is 25.1 Å². The number of hydrogen-bond donors (Lipinski definition) is 2. The zero-order valence-electron chi connectivity index (χ0n) is 18.1. The minimum Gasteiger partial charge on any atom is -0.368 e. The van der Waals surface area contributed by atoms with Gasteiger partial charge >= 0.3 is 0 Å². The molecule has 1 amide bonds. The second-order valence-corrected chi connectivity index (χ2v) is 8.95. The number of nitrogens with one attached hydrogen (secondary N) is 1. The van der Waals surface area contributed by atoms with E-state index in [0.29, 0.717) is 37.7 Å². The second-order valence-electron chi connectivity index (χ2n) is 7.67. The predicted molar refractivity (Wildman–Crippen MR) is 132 cm³/mol. The number of primary amides is 1. The summed E-state index contributed by atoms with van der Waals surface area (Å²) in [5, 5.41) is 18.5. The Morgan fingerprint density at radius 2 is 1.79 bits per heavy atom. The van der Waals surface area contributed by atoms with Crippen LogP contribution in [0.3, 0.4) is 0 Å². The predicted octanol–water partition coefficient (Wildman–Crippen LogP) is 5.14. The number of nitrogens with two attached hydrogens (primary N) is 1. The molecule has 3 rings (SSSR count). The van der Waals surface area contributed by atoms with Crippen LogP contribution in [0.5, 0.6) is 0 Å². The van der Waals surface area contributed by atoms with Crippen molar-refractivity contribution in [3.05, 3.63) is 68.8 Å². The summed E-state index contributed by atoms with van der Waals surface area (Å²) in [6.45, 7) is 5.52. The normalized spacial score (nSPS) is 12.5. The standard InChI is InChI=1S/C23H21Cl3N6O/c1-12(2)19(22(28)33)30-23(29-11-27)20-13(3)21(14-4-6-15(24)7-5-14)32(31-20)18-9-8-16(25)10-17(18)26/h4-10,12,19H,1-3H3,(H2,28,33)(H,29,30). The molecule has 10 heteroatoms. The minimum absolute atomic E-state index is 0.131. The van der Waals surface area contributed by atoms with Gasteiger partial charge in [-0.3, -0.25) is 4.79 Å². The first-order valence-corrected chi connectivity index (χ1v) is 11.1. The second kappa shape index (κ2) is 10.3. The largest absolute Gasteiger partial charge is 0.368 e. The highest BCUT2D eigenvalue weighted by atomic mass is 35.5. The van der Waals surface area contributed by atoms with E-state index in [9.17, 15) is 10.1 Å². The molecule has 0 fully saturated rings. The summed E-state index contributed by atoms with van der Waals surface area (Å²) in [6.07, 6.45) is 1.77. The molecule has 0 aliphatic rings. The van der Waals surface area contributed by atoms with E-state index in [2.05, 4.69) is 10.3 Å². The van der Waals surface area contributed by atoms with Crippen LogP contribution in [-0.2, 0) is 4.79 Å². The lowest BCUT2D eigenvalue weighted by molar-refractivity contribution is -0.120. The van der Waals surface area contributed by atoms with Gasteiger partial charge in [0.25, 0.3) is 0 Å². The number of rotatable bonds is 6. The highest BCUT2D eigenvalue weighted by Gasteiger charge is 2.27. The number of aromatic nitrogens is 2. The number of nitrogens with zero attached hydrogens (tertiary/aromatic N) is 4. The van der Waals surface area contributed by atoms with E-state index in [4.69, 9.17) is 45.6 Å². The highest BCUT2D eigenvalue weighted by Crippen LogP contribution is 2.33. The van der Waals surface area contributed by atoms with Gasteiger partial charge in [0, 0.05) is 21.2 Å². The lowest BCUT2D eigenvalue weighted by Crippen LogP contribution is -2.48. The van der Waals surface area contributed by atoms with Crippen molar-refractivity contribution >= 4 is 46.5 Å². The Morgan fingerprint density at radius 1 is 1.15 bits per heavy atom. The van der Waals surface area contributed by atoms with Crippen molar-refractivity contribution in [1.29, 1.82) is 5.26 Å². The van der Waals surface area contributed by atoms with Crippen LogP contribution in [0.25, 0.3) is 16.9 Å². The minimum atomic E-state index is -0.750. The zero-order valence-corrected chi connectivity index (χ0v) is 20.4. The molecule has 7 nitrogen and oxygen atoms in total.